The topological polar surface area (TPSA) is 60.2 Å². The number of nitrogens with zero attached hydrogens (tertiary/aromatic N) is 2. The van der Waals surface area contributed by atoms with Gasteiger partial charge in [0.1, 0.15) is 16.6 Å². The standard InChI is InChI=1S/C19H14ClN3OS/c20-13-6-8-14(9-7-13)23-10-16(24)17(18(23)21)19-22-15(11-25-19)12-4-2-1-3-5-12/h1-9,11,21,24H,10H2. The molecule has 2 heterocycles. The average molecular weight is 368 g/mol. The lowest BCUT2D eigenvalue weighted by molar-refractivity contribution is 0.411. The van der Waals surface area contributed by atoms with E-state index in [1.54, 1.807) is 17.0 Å². The van der Waals surface area contributed by atoms with Crippen LogP contribution in [0.1, 0.15) is 5.01 Å². The van der Waals surface area contributed by atoms with Gasteiger partial charge in [0, 0.05) is 21.7 Å². The van der Waals surface area contributed by atoms with Gasteiger partial charge < -0.3 is 10.0 Å². The van der Waals surface area contributed by atoms with Crippen LogP contribution in [0.5, 0.6) is 0 Å². The second-order valence-corrected chi connectivity index (χ2v) is 6.93. The van der Waals surface area contributed by atoms with Crippen molar-refractivity contribution in [3.63, 3.8) is 0 Å². The van der Waals surface area contributed by atoms with Gasteiger partial charge in [-0.3, -0.25) is 5.41 Å². The van der Waals surface area contributed by atoms with Gasteiger partial charge in [-0.25, -0.2) is 4.98 Å². The van der Waals surface area contributed by atoms with E-state index < -0.39 is 0 Å². The maximum atomic E-state index is 10.4. The van der Waals surface area contributed by atoms with E-state index in [0.717, 1.165) is 16.9 Å². The van der Waals surface area contributed by atoms with Crippen LogP contribution >= 0.6 is 22.9 Å². The highest BCUT2D eigenvalue weighted by atomic mass is 35.5. The van der Waals surface area contributed by atoms with Crippen molar-refractivity contribution in [1.29, 1.82) is 5.41 Å². The van der Waals surface area contributed by atoms with Gasteiger partial charge in [-0.1, -0.05) is 41.9 Å². The number of anilines is 1. The number of thiazole rings is 1. The maximum absolute atomic E-state index is 10.4. The molecule has 0 bridgehead atoms. The number of benzene rings is 2. The van der Waals surface area contributed by atoms with Crippen LogP contribution in [0, 0.1) is 5.41 Å². The smallest absolute Gasteiger partial charge is 0.139 e. The molecular weight excluding hydrogens is 354 g/mol. The van der Waals surface area contributed by atoms with E-state index >= 15 is 0 Å². The van der Waals surface area contributed by atoms with Crippen LogP contribution < -0.4 is 4.90 Å². The summed E-state index contributed by atoms with van der Waals surface area (Å²) in [6.07, 6.45) is 0. The molecule has 0 radical (unpaired) electrons. The zero-order valence-electron chi connectivity index (χ0n) is 13.1. The highest BCUT2D eigenvalue weighted by Crippen LogP contribution is 2.34. The third-order valence-corrected chi connectivity index (χ3v) is 5.14. The zero-order valence-corrected chi connectivity index (χ0v) is 14.7. The van der Waals surface area contributed by atoms with Crippen LogP contribution in [0.4, 0.5) is 5.69 Å². The Morgan fingerprint density at radius 1 is 1.08 bits per heavy atom. The molecule has 0 amide bonds. The van der Waals surface area contributed by atoms with Gasteiger partial charge in [0.15, 0.2) is 0 Å². The van der Waals surface area contributed by atoms with Gasteiger partial charge in [0.2, 0.25) is 0 Å². The minimum atomic E-state index is 0.161. The average Bonchev–Trinajstić information content (AvgIpc) is 3.21. The number of hydrogen-bond donors (Lipinski definition) is 2. The molecule has 0 saturated carbocycles. The van der Waals surface area contributed by atoms with Gasteiger partial charge in [0.25, 0.3) is 0 Å². The number of amidine groups is 1. The van der Waals surface area contributed by atoms with Gasteiger partial charge in [0.05, 0.1) is 17.8 Å². The predicted molar refractivity (Wildman–Crippen MR) is 104 cm³/mol. The molecule has 124 valence electrons. The normalized spacial score (nSPS) is 14.4. The van der Waals surface area contributed by atoms with Crippen molar-refractivity contribution < 1.29 is 5.11 Å². The van der Waals surface area contributed by atoms with Gasteiger partial charge in [-0.05, 0) is 24.3 Å². The van der Waals surface area contributed by atoms with Crippen molar-refractivity contribution in [3.05, 3.63) is 75.8 Å². The van der Waals surface area contributed by atoms with Gasteiger partial charge >= 0.3 is 0 Å². The maximum Gasteiger partial charge on any atom is 0.139 e. The summed E-state index contributed by atoms with van der Waals surface area (Å²) in [5.41, 5.74) is 3.17. The summed E-state index contributed by atoms with van der Waals surface area (Å²) >= 11 is 7.36. The molecule has 2 N–H and O–H groups in total. The molecule has 25 heavy (non-hydrogen) atoms. The van der Waals surface area contributed by atoms with E-state index in [-0.39, 0.29) is 18.1 Å². The fourth-order valence-electron chi connectivity index (χ4n) is 2.78. The SMILES string of the molecule is N=C1C(c2nc(-c3ccccc3)cs2)=C(O)CN1c1ccc(Cl)cc1. The van der Waals surface area contributed by atoms with Crippen LogP contribution in [0.3, 0.4) is 0 Å². The summed E-state index contributed by atoms with van der Waals surface area (Å²) in [4.78, 5) is 6.36. The number of hydrogen-bond acceptors (Lipinski definition) is 4. The Kier molecular flexibility index (Phi) is 4.03. The fourth-order valence-corrected chi connectivity index (χ4v) is 3.80. The molecule has 1 aliphatic rings. The molecule has 0 atom stereocenters. The third kappa shape index (κ3) is 2.92. The second-order valence-electron chi connectivity index (χ2n) is 5.64. The Hall–Kier alpha value is -2.63. The number of aliphatic hydroxyl groups is 1. The van der Waals surface area contributed by atoms with E-state index in [0.29, 0.717) is 15.6 Å². The van der Waals surface area contributed by atoms with E-state index in [1.807, 2.05) is 47.8 Å². The molecule has 4 rings (SSSR count). The van der Waals surface area contributed by atoms with Crippen molar-refractivity contribution >= 4 is 40.0 Å². The van der Waals surface area contributed by atoms with Crippen molar-refractivity contribution in [2.45, 2.75) is 0 Å². The zero-order chi connectivity index (χ0) is 17.4. The molecule has 0 aliphatic carbocycles. The van der Waals surface area contributed by atoms with Crippen LogP contribution in [-0.2, 0) is 0 Å². The number of rotatable bonds is 3. The first-order valence-electron chi connectivity index (χ1n) is 7.69. The van der Waals surface area contributed by atoms with Crippen molar-refractivity contribution in [3.8, 4) is 11.3 Å². The van der Waals surface area contributed by atoms with E-state index in [4.69, 9.17) is 17.0 Å². The molecule has 1 aromatic heterocycles. The predicted octanol–water partition coefficient (Wildman–Crippen LogP) is 5.23. The highest BCUT2D eigenvalue weighted by molar-refractivity contribution is 7.11. The third-order valence-electron chi connectivity index (χ3n) is 4.03. The lowest BCUT2D eigenvalue weighted by Gasteiger charge is -2.18. The van der Waals surface area contributed by atoms with Crippen LogP contribution in [-0.4, -0.2) is 22.5 Å². The number of aromatic nitrogens is 1. The summed E-state index contributed by atoms with van der Waals surface area (Å²) in [6, 6.07) is 17.1. The summed E-state index contributed by atoms with van der Waals surface area (Å²) in [5.74, 6) is 0.405. The quantitative estimate of drug-likeness (QED) is 0.666. The van der Waals surface area contributed by atoms with Crippen LogP contribution in [0.15, 0.2) is 65.7 Å². The largest absolute Gasteiger partial charge is 0.510 e. The van der Waals surface area contributed by atoms with E-state index in [1.165, 1.54) is 11.3 Å². The summed E-state index contributed by atoms with van der Waals surface area (Å²) in [5, 5.41) is 22.1. The van der Waals surface area contributed by atoms with E-state index in [9.17, 15) is 5.11 Å². The molecule has 0 saturated heterocycles. The number of aliphatic hydroxyl groups excluding tert-OH is 1. The Morgan fingerprint density at radius 2 is 1.80 bits per heavy atom. The van der Waals surface area contributed by atoms with Crippen LogP contribution in [0.2, 0.25) is 5.02 Å². The van der Waals surface area contributed by atoms with Crippen molar-refractivity contribution in [1.82, 2.24) is 4.98 Å². The molecule has 6 heteroatoms. The summed E-state index contributed by atoms with van der Waals surface area (Å²) in [7, 11) is 0. The molecule has 4 nitrogen and oxygen atoms in total. The van der Waals surface area contributed by atoms with E-state index in [2.05, 4.69) is 4.98 Å². The highest BCUT2D eigenvalue weighted by Gasteiger charge is 2.31. The molecule has 0 spiro atoms. The Morgan fingerprint density at radius 3 is 2.52 bits per heavy atom. The first kappa shape index (κ1) is 15.9. The Bertz CT molecular complexity index is 964. The minimum Gasteiger partial charge on any atom is -0.510 e. The molecular formula is C19H14ClN3OS. The first-order chi connectivity index (χ1) is 12.1. The lowest BCUT2D eigenvalue weighted by atomic mass is 10.2. The molecule has 0 fully saturated rings. The summed E-state index contributed by atoms with van der Waals surface area (Å²) < 4.78 is 0. The van der Waals surface area contributed by atoms with Crippen LogP contribution in [0.25, 0.3) is 16.8 Å². The summed E-state index contributed by atoms with van der Waals surface area (Å²) in [6.45, 7) is 0.260. The molecule has 3 aromatic rings. The Labute approximate surface area is 154 Å². The van der Waals surface area contributed by atoms with Crippen molar-refractivity contribution in [2.24, 2.45) is 0 Å². The number of nitrogens with one attached hydrogen (secondary N) is 1. The monoisotopic (exact) mass is 367 g/mol. The molecule has 2 aromatic carbocycles. The minimum absolute atomic E-state index is 0.161. The van der Waals surface area contributed by atoms with Crippen molar-refractivity contribution in [2.75, 3.05) is 11.4 Å². The number of halogens is 1. The van der Waals surface area contributed by atoms with Gasteiger partial charge in [-0.15, -0.1) is 11.3 Å². The molecule has 1 aliphatic heterocycles. The van der Waals surface area contributed by atoms with Gasteiger partial charge in [-0.2, -0.15) is 0 Å². The lowest BCUT2D eigenvalue weighted by Crippen LogP contribution is -2.25. The first-order valence-corrected chi connectivity index (χ1v) is 8.94. The molecule has 0 unspecified atom stereocenters. The second kappa shape index (κ2) is 6.35. The Balaban J connectivity index is 1.65. The fraction of sp³-hybridized carbons (Fsp3) is 0.0526.